The van der Waals surface area contributed by atoms with Gasteiger partial charge in [0, 0.05) is 74.3 Å². The second-order valence-corrected chi connectivity index (χ2v) is 20.6. The molecule has 0 aromatic carbocycles. The minimum Gasteiger partial charge on any atom is -0.550 e. The summed E-state index contributed by atoms with van der Waals surface area (Å²) in [7, 11) is 1.70. The maximum Gasteiger partial charge on any atom is 1.00 e. The van der Waals surface area contributed by atoms with Gasteiger partial charge in [0.05, 0.1) is 61.0 Å². The van der Waals surface area contributed by atoms with E-state index in [0.717, 1.165) is 6.42 Å². The molecule has 0 aromatic heterocycles. The molecule has 6 aliphatic heterocycles. The van der Waals surface area contributed by atoms with Crippen LogP contribution in [0.5, 0.6) is 0 Å². The Kier molecular flexibility index (Phi) is 17.2. The first-order valence-electron chi connectivity index (χ1n) is 23.2. The number of aliphatic hydroxyl groups is 3. The van der Waals surface area contributed by atoms with Crippen LogP contribution in [0, 0.1) is 47.3 Å². The van der Waals surface area contributed by atoms with Crippen LogP contribution < -0.4 is 34.7 Å². The molecule has 0 aliphatic carbocycles. The summed E-state index contributed by atoms with van der Waals surface area (Å²) >= 11 is 0. The molecule has 0 bridgehead atoms. The van der Waals surface area contributed by atoms with Crippen molar-refractivity contribution in [2.24, 2.45) is 47.3 Å². The molecule has 14 nitrogen and oxygen atoms in total. The number of hydrogen-bond acceptors (Lipinski definition) is 14. The third kappa shape index (κ3) is 10.4. The number of methoxy groups -OCH3 is 1. The van der Waals surface area contributed by atoms with E-state index >= 15 is 0 Å². The first-order chi connectivity index (χ1) is 28.5. The number of carbonyl (C=O) groups is 2. The standard InChI is InChI=1S/C47H78O14.Na/c1-24(40(50)25(2)18-28(5)43(51)52)17-26(3)41-31(8)34(49)22-45(59-41)16-15-44(11,61-45)38-21-36(56-39-14-13-35(54-12)33(10)55-39)32(9)47(58-38)30(7)20-37(57-47)42-27(4)19-29(6)46(53,23-48)60-42;/h17,25-39,41-42,48-49,53H,13-16,18-23H2,1-12H3,(H,51,52);/q;+1/p-1/b24-17+;/t25-,26+,27+,28+,29-,30+,31-,32-,33-,34+,35+,36+,37-,38?,39-,41?,42?,44+,45-,46+,47+;/m1./s1. The van der Waals surface area contributed by atoms with Gasteiger partial charge >= 0.3 is 29.6 Å². The van der Waals surface area contributed by atoms with Crippen LogP contribution in [0.15, 0.2) is 11.6 Å². The summed E-state index contributed by atoms with van der Waals surface area (Å²) in [6.45, 7) is 20.7. The van der Waals surface area contributed by atoms with E-state index in [9.17, 15) is 30.0 Å². The van der Waals surface area contributed by atoms with Crippen molar-refractivity contribution in [1.82, 2.24) is 0 Å². The topological polar surface area (TPSA) is 192 Å². The van der Waals surface area contributed by atoms with Crippen molar-refractivity contribution in [3.05, 3.63) is 11.6 Å². The fourth-order valence-electron chi connectivity index (χ4n) is 11.8. The van der Waals surface area contributed by atoms with Gasteiger partial charge in [0.15, 0.2) is 29.4 Å². The first kappa shape index (κ1) is 52.4. The largest absolute Gasteiger partial charge is 1.00 e. The molecule has 15 heteroatoms. The Labute approximate surface area is 392 Å². The summed E-state index contributed by atoms with van der Waals surface area (Å²) < 4.78 is 53.9. The van der Waals surface area contributed by atoms with Gasteiger partial charge in [-0.15, -0.1) is 0 Å². The van der Waals surface area contributed by atoms with Crippen molar-refractivity contribution >= 4 is 11.8 Å². The number of ether oxygens (including phenoxy) is 8. The molecule has 6 fully saturated rings. The quantitative estimate of drug-likeness (QED) is 0.179. The molecule has 6 rings (SSSR count). The van der Waals surface area contributed by atoms with Gasteiger partial charge in [-0.3, -0.25) is 4.79 Å². The van der Waals surface area contributed by atoms with Crippen LogP contribution >= 0.6 is 0 Å². The SMILES string of the molecule is CO[C@H]1CC[C@@H](O[C@H]2CC([C@]3(C)CC[C@]4(C[C@H](O)[C@@H](C)C([C@@H](C)/C=C(\C)C(=O)[C@H](C)C[C@H](C)C(=O)[O-])O4)O3)O[C@]3(O[C@@H](C4O[C@@](O)(CO)[C@H](C)C[C@@H]4C)C[C@@H]3C)[C@@H]2C)O[C@@H]1C.[Na+]. The zero-order valence-corrected chi connectivity index (χ0v) is 41.8. The Hall–Kier alpha value is -0.560. The van der Waals surface area contributed by atoms with Gasteiger partial charge < -0.3 is 63.1 Å². The molecular weight excluding hydrogens is 811 g/mol. The van der Waals surface area contributed by atoms with E-state index in [2.05, 4.69) is 20.8 Å². The summed E-state index contributed by atoms with van der Waals surface area (Å²) in [5, 5.41) is 44.4. The third-order valence-corrected chi connectivity index (χ3v) is 15.8. The number of Topliss-reactive ketones (excluding diaryl/α,β-unsaturated/α-hetero) is 1. The Balaban J connectivity index is 0.00000726. The number of rotatable bonds is 13. The summed E-state index contributed by atoms with van der Waals surface area (Å²) in [6, 6.07) is 0. The van der Waals surface area contributed by atoms with E-state index in [1.807, 2.05) is 40.7 Å². The number of carboxylic acid groups (broad SMARTS) is 1. The van der Waals surface area contributed by atoms with Crippen LogP contribution in [-0.4, -0.2) is 119 Å². The number of aliphatic hydroxyl groups excluding tert-OH is 2. The monoisotopic (exact) mass is 889 g/mol. The zero-order chi connectivity index (χ0) is 45.0. The molecule has 3 unspecified atom stereocenters. The van der Waals surface area contributed by atoms with Crippen LogP contribution in [0.3, 0.4) is 0 Å². The summed E-state index contributed by atoms with van der Waals surface area (Å²) in [6.07, 6.45) is 3.10. The van der Waals surface area contributed by atoms with Crippen molar-refractivity contribution in [2.45, 2.75) is 212 Å². The smallest absolute Gasteiger partial charge is 0.550 e. The van der Waals surface area contributed by atoms with Crippen LogP contribution in [0.4, 0.5) is 0 Å². The number of ketones is 1. The molecule has 21 atom stereocenters. The number of carboxylic acids is 1. The molecule has 62 heavy (non-hydrogen) atoms. The summed E-state index contributed by atoms with van der Waals surface area (Å²) in [5.74, 6) is -7.48. The average Bonchev–Trinajstić information content (AvgIpc) is 3.71. The second kappa shape index (κ2) is 20.3. The van der Waals surface area contributed by atoms with Crippen molar-refractivity contribution in [1.29, 1.82) is 0 Å². The maximum absolute atomic E-state index is 13.3. The Morgan fingerprint density at radius 1 is 0.919 bits per heavy atom. The van der Waals surface area contributed by atoms with Crippen molar-refractivity contribution in [3.8, 4) is 0 Å². The van der Waals surface area contributed by atoms with Crippen molar-refractivity contribution in [2.75, 3.05) is 13.7 Å². The number of aliphatic carboxylic acids is 1. The van der Waals surface area contributed by atoms with Gasteiger partial charge in [-0.1, -0.05) is 61.5 Å². The molecule has 2 spiro atoms. The minimum absolute atomic E-state index is 0. The number of allylic oxidation sites excluding steroid dienone is 1. The van der Waals surface area contributed by atoms with E-state index in [1.54, 1.807) is 27.9 Å². The van der Waals surface area contributed by atoms with Gasteiger partial charge in [0.1, 0.15) is 0 Å². The van der Waals surface area contributed by atoms with E-state index in [0.29, 0.717) is 44.1 Å². The van der Waals surface area contributed by atoms with Crippen molar-refractivity contribution < 1.29 is 97.5 Å². The Bertz CT molecular complexity index is 1580. The molecule has 6 aliphatic rings. The van der Waals surface area contributed by atoms with Crippen molar-refractivity contribution in [3.63, 3.8) is 0 Å². The predicted molar refractivity (Wildman–Crippen MR) is 221 cm³/mol. The van der Waals surface area contributed by atoms with E-state index < -0.39 is 84.2 Å². The fourth-order valence-corrected chi connectivity index (χ4v) is 11.8. The van der Waals surface area contributed by atoms with Gasteiger partial charge in [-0.2, -0.15) is 0 Å². The Morgan fingerprint density at radius 2 is 1.61 bits per heavy atom. The van der Waals surface area contributed by atoms with E-state index in [1.165, 1.54) is 0 Å². The normalized spacial score (nSPS) is 47.8. The van der Waals surface area contributed by atoms with Gasteiger partial charge in [-0.25, -0.2) is 0 Å². The maximum atomic E-state index is 13.3. The molecule has 350 valence electrons. The molecule has 3 N–H and O–H groups in total. The minimum atomic E-state index is -1.67. The van der Waals surface area contributed by atoms with Gasteiger partial charge in [0.2, 0.25) is 0 Å². The predicted octanol–water partition coefficient (Wildman–Crippen LogP) is 1.82. The van der Waals surface area contributed by atoms with Gasteiger partial charge in [0.25, 0.3) is 0 Å². The van der Waals surface area contributed by atoms with Gasteiger partial charge in [-0.05, 0) is 70.3 Å². The van der Waals surface area contributed by atoms with Crippen LogP contribution in [0.1, 0.15) is 134 Å². The zero-order valence-electron chi connectivity index (χ0n) is 39.8. The van der Waals surface area contributed by atoms with E-state index in [4.69, 9.17) is 37.9 Å². The number of hydrogen-bond donors (Lipinski definition) is 3. The summed E-state index contributed by atoms with van der Waals surface area (Å²) in [5.41, 5.74) is -0.352. The van der Waals surface area contributed by atoms with E-state index in [-0.39, 0.29) is 102 Å². The number of carbonyl (C=O) groups excluding carboxylic acids is 2. The molecule has 0 radical (unpaired) electrons. The molecule has 0 saturated carbocycles. The second-order valence-electron chi connectivity index (χ2n) is 20.6. The molecule has 6 heterocycles. The van der Waals surface area contributed by atoms with Crippen LogP contribution in [0.25, 0.3) is 0 Å². The fraction of sp³-hybridized carbons (Fsp3) is 0.915. The molecular formula is C47H77NaO14. The third-order valence-electron chi connectivity index (χ3n) is 15.8. The first-order valence-corrected chi connectivity index (χ1v) is 23.2. The summed E-state index contributed by atoms with van der Waals surface area (Å²) in [4.78, 5) is 24.7. The average molecular weight is 889 g/mol. The van der Waals surface area contributed by atoms with Crippen LogP contribution in [-0.2, 0) is 47.5 Å². The molecule has 0 amide bonds. The molecule has 6 saturated heterocycles. The molecule has 0 aromatic rings. The Morgan fingerprint density at radius 3 is 2.24 bits per heavy atom. The van der Waals surface area contributed by atoms with Crippen LogP contribution in [0.2, 0.25) is 0 Å².